The highest BCUT2D eigenvalue weighted by atomic mass is 32.1. The minimum atomic E-state index is 0.987. The molecular formula is C13H17NS. The van der Waals surface area contributed by atoms with Gasteiger partial charge in [0.05, 0.1) is 0 Å². The third kappa shape index (κ3) is 3.84. The normalized spacial score (nSPS) is 12.1. The first-order chi connectivity index (χ1) is 7.27. The Hall–Kier alpha value is -1.15. The van der Waals surface area contributed by atoms with Crippen molar-refractivity contribution in [1.29, 1.82) is 0 Å². The number of thiol groups is 1. The minimum absolute atomic E-state index is 0.987. The molecule has 0 amide bonds. The maximum Gasteiger partial charge on any atom is 0.0412 e. The van der Waals surface area contributed by atoms with Gasteiger partial charge in [-0.2, -0.15) is 0 Å². The SMILES string of the molecule is C/C=C\N/C(=C\CC)c1ccc(S)cc1. The van der Waals surface area contributed by atoms with Crippen molar-refractivity contribution in [3.05, 3.63) is 48.2 Å². The van der Waals surface area contributed by atoms with E-state index in [4.69, 9.17) is 0 Å². The Morgan fingerprint density at radius 3 is 2.53 bits per heavy atom. The predicted molar refractivity (Wildman–Crippen MR) is 69.9 cm³/mol. The Balaban J connectivity index is 2.89. The Kier molecular flexibility index (Phi) is 5.05. The smallest absolute Gasteiger partial charge is 0.0412 e. The van der Waals surface area contributed by atoms with Crippen LogP contribution in [0.3, 0.4) is 0 Å². The van der Waals surface area contributed by atoms with Gasteiger partial charge >= 0.3 is 0 Å². The molecule has 80 valence electrons. The van der Waals surface area contributed by atoms with Crippen LogP contribution in [0.5, 0.6) is 0 Å². The maximum absolute atomic E-state index is 4.27. The highest BCUT2D eigenvalue weighted by Gasteiger charge is 1.97. The van der Waals surface area contributed by atoms with E-state index in [9.17, 15) is 0 Å². The number of nitrogens with one attached hydrogen (secondary N) is 1. The van der Waals surface area contributed by atoms with Gasteiger partial charge in [-0.1, -0.05) is 31.2 Å². The lowest BCUT2D eigenvalue weighted by Gasteiger charge is -2.07. The summed E-state index contributed by atoms with van der Waals surface area (Å²) in [5, 5.41) is 3.26. The number of rotatable bonds is 4. The van der Waals surface area contributed by atoms with E-state index >= 15 is 0 Å². The summed E-state index contributed by atoms with van der Waals surface area (Å²) in [7, 11) is 0. The van der Waals surface area contributed by atoms with E-state index in [2.05, 4.69) is 43.1 Å². The second-order valence-corrected chi connectivity index (χ2v) is 3.73. The summed E-state index contributed by atoms with van der Waals surface area (Å²) in [6.45, 7) is 4.12. The lowest BCUT2D eigenvalue weighted by Crippen LogP contribution is -2.03. The van der Waals surface area contributed by atoms with Gasteiger partial charge in [0.1, 0.15) is 0 Å². The second-order valence-electron chi connectivity index (χ2n) is 3.22. The molecule has 1 aromatic rings. The zero-order chi connectivity index (χ0) is 11.1. The molecule has 0 spiro atoms. The minimum Gasteiger partial charge on any atom is -0.362 e. The Labute approximate surface area is 97.3 Å². The van der Waals surface area contributed by atoms with Gasteiger partial charge in [-0.3, -0.25) is 0 Å². The van der Waals surface area contributed by atoms with Crippen LogP contribution in [0.15, 0.2) is 47.5 Å². The Morgan fingerprint density at radius 2 is 2.00 bits per heavy atom. The molecule has 0 radical (unpaired) electrons. The molecule has 1 N–H and O–H groups in total. The van der Waals surface area contributed by atoms with Crippen LogP contribution in [0, 0.1) is 0 Å². The van der Waals surface area contributed by atoms with Crippen molar-refractivity contribution in [2.75, 3.05) is 0 Å². The maximum atomic E-state index is 4.27. The summed E-state index contributed by atoms with van der Waals surface area (Å²) < 4.78 is 0. The van der Waals surface area contributed by atoms with E-state index in [1.54, 1.807) is 0 Å². The fraction of sp³-hybridized carbons (Fsp3) is 0.231. The summed E-state index contributed by atoms with van der Waals surface area (Å²) in [5.41, 5.74) is 2.33. The first kappa shape index (κ1) is 11.9. The number of benzene rings is 1. The predicted octanol–water partition coefficient (Wildman–Crippen LogP) is 3.85. The van der Waals surface area contributed by atoms with Crippen LogP contribution in [0.2, 0.25) is 0 Å². The van der Waals surface area contributed by atoms with E-state index < -0.39 is 0 Å². The molecule has 0 saturated heterocycles. The molecule has 0 saturated carbocycles. The molecule has 1 aromatic carbocycles. The summed E-state index contributed by atoms with van der Waals surface area (Å²) in [5.74, 6) is 0. The second kappa shape index (κ2) is 6.36. The molecule has 2 heteroatoms. The molecule has 15 heavy (non-hydrogen) atoms. The molecule has 0 aliphatic carbocycles. The molecule has 0 aliphatic heterocycles. The van der Waals surface area contributed by atoms with Gasteiger partial charge in [0.25, 0.3) is 0 Å². The fourth-order valence-corrected chi connectivity index (χ4v) is 1.43. The van der Waals surface area contributed by atoms with Crippen molar-refractivity contribution in [2.24, 2.45) is 0 Å². The number of hydrogen-bond donors (Lipinski definition) is 2. The van der Waals surface area contributed by atoms with E-state index in [0.717, 1.165) is 17.0 Å². The number of hydrogen-bond acceptors (Lipinski definition) is 2. The molecule has 1 nitrogen and oxygen atoms in total. The molecule has 0 aliphatic rings. The fourth-order valence-electron chi connectivity index (χ4n) is 1.28. The van der Waals surface area contributed by atoms with Crippen molar-refractivity contribution in [3.8, 4) is 0 Å². The summed E-state index contributed by atoms with van der Waals surface area (Å²) in [6.07, 6.45) is 7.11. The molecule has 0 aromatic heterocycles. The Morgan fingerprint density at radius 1 is 1.33 bits per heavy atom. The van der Waals surface area contributed by atoms with E-state index in [1.807, 2.05) is 31.3 Å². The molecule has 0 bridgehead atoms. The van der Waals surface area contributed by atoms with Gasteiger partial charge in [-0.15, -0.1) is 12.6 Å². The largest absolute Gasteiger partial charge is 0.362 e. The van der Waals surface area contributed by atoms with E-state index in [0.29, 0.717) is 0 Å². The zero-order valence-corrected chi connectivity index (χ0v) is 10.1. The average Bonchev–Trinajstić information content (AvgIpc) is 2.25. The van der Waals surface area contributed by atoms with Crippen LogP contribution in [0.25, 0.3) is 5.70 Å². The molecular weight excluding hydrogens is 202 g/mol. The van der Waals surface area contributed by atoms with Crippen molar-refractivity contribution < 1.29 is 0 Å². The van der Waals surface area contributed by atoms with Gasteiger partial charge < -0.3 is 5.32 Å². The topological polar surface area (TPSA) is 12.0 Å². The van der Waals surface area contributed by atoms with Crippen LogP contribution in [-0.4, -0.2) is 0 Å². The van der Waals surface area contributed by atoms with Crippen molar-refractivity contribution in [1.82, 2.24) is 5.32 Å². The van der Waals surface area contributed by atoms with Crippen LogP contribution in [0.4, 0.5) is 0 Å². The summed E-state index contributed by atoms with van der Waals surface area (Å²) >= 11 is 4.27. The molecule has 0 unspecified atom stereocenters. The quantitative estimate of drug-likeness (QED) is 0.733. The average molecular weight is 219 g/mol. The highest BCUT2D eigenvalue weighted by molar-refractivity contribution is 7.80. The van der Waals surface area contributed by atoms with Gasteiger partial charge in [0.2, 0.25) is 0 Å². The lowest BCUT2D eigenvalue weighted by molar-refractivity contribution is 1.15. The van der Waals surface area contributed by atoms with Gasteiger partial charge in [0.15, 0.2) is 0 Å². The van der Waals surface area contributed by atoms with E-state index in [-0.39, 0.29) is 0 Å². The van der Waals surface area contributed by atoms with Crippen molar-refractivity contribution >= 4 is 18.3 Å². The molecule has 0 fully saturated rings. The molecule has 0 atom stereocenters. The van der Waals surface area contributed by atoms with Gasteiger partial charge in [-0.05, 0) is 37.2 Å². The van der Waals surface area contributed by atoms with Crippen LogP contribution >= 0.6 is 12.6 Å². The van der Waals surface area contributed by atoms with Crippen molar-refractivity contribution in [3.63, 3.8) is 0 Å². The highest BCUT2D eigenvalue weighted by Crippen LogP contribution is 2.15. The first-order valence-corrected chi connectivity index (χ1v) is 5.60. The standard InChI is InChI=1S/C13H17NS/c1-3-5-13(14-10-4-2)11-6-8-12(15)9-7-11/h4-10,14-15H,3H2,1-2H3/b10-4-,13-5-. The van der Waals surface area contributed by atoms with Gasteiger partial charge in [-0.25, -0.2) is 0 Å². The molecule has 0 heterocycles. The lowest BCUT2D eigenvalue weighted by atomic mass is 10.1. The first-order valence-electron chi connectivity index (χ1n) is 5.15. The van der Waals surface area contributed by atoms with Crippen LogP contribution < -0.4 is 5.32 Å². The van der Waals surface area contributed by atoms with E-state index in [1.165, 1.54) is 5.56 Å². The third-order valence-electron chi connectivity index (χ3n) is 1.99. The monoisotopic (exact) mass is 219 g/mol. The summed E-state index contributed by atoms with van der Waals surface area (Å²) in [6, 6.07) is 8.14. The number of allylic oxidation sites excluding steroid dienone is 2. The van der Waals surface area contributed by atoms with Crippen molar-refractivity contribution in [2.45, 2.75) is 25.2 Å². The van der Waals surface area contributed by atoms with Gasteiger partial charge in [0, 0.05) is 10.6 Å². The summed E-state index contributed by atoms with van der Waals surface area (Å²) in [4.78, 5) is 0.987. The Bertz CT molecular complexity index is 349. The molecule has 1 rings (SSSR count). The zero-order valence-electron chi connectivity index (χ0n) is 9.20. The third-order valence-corrected chi connectivity index (χ3v) is 2.29. The van der Waals surface area contributed by atoms with Crippen LogP contribution in [0.1, 0.15) is 25.8 Å². The van der Waals surface area contributed by atoms with Crippen LogP contribution in [-0.2, 0) is 0 Å².